The van der Waals surface area contributed by atoms with Crippen LogP contribution in [0.4, 0.5) is 0 Å². The summed E-state index contributed by atoms with van der Waals surface area (Å²) in [6, 6.07) is 7.52. The maximum Gasteiger partial charge on any atom is 0.303 e. The Labute approximate surface area is 170 Å². The van der Waals surface area contributed by atoms with E-state index >= 15 is 0 Å². The van der Waals surface area contributed by atoms with Gasteiger partial charge in [-0.25, -0.2) is 0 Å². The summed E-state index contributed by atoms with van der Waals surface area (Å²) in [5, 5.41) is 18.2. The van der Waals surface area contributed by atoms with Gasteiger partial charge in [-0.05, 0) is 74.5 Å². The summed E-state index contributed by atoms with van der Waals surface area (Å²) < 4.78 is 0. The zero-order valence-electron chi connectivity index (χ0n) is 17.1. The van der Waals surface area contributed by atoms with Crippen molar-refractivity contribution in [2.75, 3.05) is 0 Å². The van der Waals surface area contributed by atoms with Crippen LogP contribution in [0.5, 0.6) is 5.75 Å². The normalized spacial score (nSPS) is 17.4. The number of benzene rings is 1. The number of hydrogen-bond acceptors (Lipinski definition) is 2. The molecule has 1 aromatic carbocycles. The fraction of sp³-hybridized carbons (Fsp3) is 0.560. The van der Waals surface area contributed by atoms with Gasteiger partial charge in [0.1, 0.15) is 5.75 Å². The number of carbonyl (C=O) groups is 1. The van der Waals surface area contributed by atoms with E-state index in [1.807, 2.05) is 18.2 Å². The number of aromatic hydroxyl groups is 1. The summed E-state index contributed by atoms with van der Waals surface area (Å²) in [6.45, 7) is 0. The number of phenolic OH excluding ortho intramolecular Hbond substituents is 1. The molecule has 3 heteroatoms. The minimum atomic E-state index is -0.738. The van der Waals surface area contributed by atoms with Gasteiger partial charge in [-0.15, -0.1) is 0 Å². The van der Waals surface area contributed by atoms with E-state index in [0.29, 0.717) is 18.1 Å². The molecule has 0 amide bonds. The smallest absolute Gasteiger partial charge is 0.303 e. The summed E-state index contributed by atoms with van der Waals surface area (Å²) in [5.41, 5.74) is 1.26. The molecule has 154 valence electrons. The van der Waals surface area contributed by atoms with Gasteiger partial charge in [0, 0.05) is 6.42 Å². The van der Waals surface area contributed by atoms with Crippen LogP contribution in [0.25, 0.3) is 0 Å². The van der Waals surface area contributed by atoms with Gasteiger partial charge >= 0.3 is 5.97 Å². The molecular weight excluding hydrogens is 348 g/mol. The van der Waals surface area contributed by atoms with Gasteiger partial charge < -0.3 is 10.2 Å². The Kier molecular flexibility index (Phi) is 10.5. The lowest BCUT2D eigenvalue weighted by Gasteiger charge is -2.16. The van der Waals surface area contributed by atoms with E-state index in [0.717, 1.165) is 18.8 Å². The van der Waals surface area contributed by atoms with Crippen LogP contribution in [-0.4, -0.2) is 16.2 Å². The number of unbranched alkanes of at least 4 members (excludes halogenated alkanes) is 3. The van der Waals surface area contributed by atoms with Crippen LogP contribution < -0.4 is 0 Å². The Morgan fingerprint density at radius 3 is 2.61 bits per heavy atom. The molecule has 2 atom stereocenters. The molecule has 0 heterocycles. The Bertz CT molecular complexity index is 615. The molecule has 0 spiro atoms. The summed E-state index contributed by atoms with van der Waals surface area (Å²) in [5.74, 6) is 0.978. The minimum absolute atomic E-state index is 0.204. The van der Waals surface area contributed by atoms with E-state index in [9.17, 15) is 9.90 Å². The second-order valence-electron chi connectivity index (χ2n) is 8.13. The van der Waals surface area contributed by atoms with Crippen LogP contribution in [0, 0.1) is 11.8 Å². The van der Waals surface area contributed by atoms with Crippen molar-refractivity contribution in [2.45, 2.75) is 77.0 Å². The van der Waals surface area contributed by atoms with E-state index in [4.69, 9.17) is 5.11 Å². The summed E-state index contributed by atoms with van der Waals surface area (Å²) in [4.78, 5) is 10.6. The third-order valence-corrected chi connectivity index (χ3v) is 5.67. The Morgan fingerprint density at radius 2 is 1.89 bits per heavy atom. The Morgan fingerprint density at radius 1 is 1.11 bits per heavy atom. The Hall–Kier alpha value is -2.03. The molecule has 2 N–H and O–H groups in total. The third-order valence-electron chi connectivity index (χ3n) is 5.67. The zero-order valence-corrected chi connectivity index (χ0v) is 17.1. The van der Waals surface area contributed by atoms with E-state index in [1.54, 1.807) is 12.1 Å². The number of allylic oxidation sites excluding steroid dienone is 4. The van der Waals surface area contributed by atoms with Crippen molar-refractivity contribution < 1.29 is 15.0 Å². The van der Waals surface area contributed by atoms with Crippen molar-refractivity contribution in [3.8, 4) is 5.75 Å². The van der Waals surface area contributed by atoms with Gasteiger partial charge in [0.25, 0.3) is 0 Å². The lowest BCUT2D eigenvalue weighted by Crippen LogP contribution is -2.04. The molecule has 0 bridgehead atoms. The van der Waals surface area contributed by atoms with Crippen molar-refractivity contribution >= 4 is 5.97 Å². The van der Waals surface area contributed by atoms with Crippen LogP contribution in [0.3, 0.4) is 0 Å². The van der Waals surface area contributed by atoms with Crippen LogP contribution in [0.2, 0.25) is 0 Å². The second kappa shape index (κ2) is 13.2. The highest BCUT2D eigenvalue weighted by Crippen LogP contribution is 2.25. The molecule has 0 fully saturated rings. The molecule has 0 saturated heterocycles. The number of hydrogen-bond donors (Lipinski definition) is 2. The van der Waals surface area contributed by atoms with Crippen molar-refractivity contribution in [1.29, 1.82) is 0 Å². The lowest BCUT2D eigenvalue weighted by atomic mass is 9.90. The summed E-state index contributed by atoms with van der Waals surface area (Å²) >= 11 is 0. The summed E-state index contributed by atoms with van der Waals surface area (Å²) in [6.07, 6.45) is 22.1. The van der Waals surface area contributed by atoms with Crippen LogP contribution >= 0.6 is 0 Å². The first kappa shape index (κ1) is 22.3. The van der Waals surface area contributed by atoms with Gasteiger partial charge in [-0.3, -0.25) is 4.79 Å². The van der Waals surface area contributed by atoms with Crippen molar-refractivity contribution in [1.82, 2.24) is 0 Å². The van der Waals surface area contributed by atoms with E-state index < -0.39 is 5.97 Å². The first-order chi connectivity index (χ1) is 13.6. The number of aliphatic carboxylic acids is 1. The molecule has 0 radical (unpaired) electrons. The molecule has 0 aliphatic heterocycles. The highest BCUT2D eigenvalue weighted by Gasteiger charge is 2.10. The molecule has 2 unspecified atom stereocenters. The highest BCUT2D eigenvalue weighted by molar-refractivity contribution is 5.66. The maximum atomic E-state index is 10.6. The van der Waals surface area contributed by atoms with Crippen molar-refractivity contribution in [3.63, 3.8) is 0 Å². The van der Waals surface area contributed by atoms with E-state index in [1.165, 1.54) is 56.9 Å². The van der Waals surface area contributed by atoms with Gasteiger partial charge in [0.15, 0.2) is 0 Å². The maximum absolute atomic E-state index is 10.6. The quantitative estimate of drug-likeness (QED) is 0.278. The first-order valence-electron chi connectivity index (χ1n) is 10.9. The van der Waals surface area contributed by atoms with Crippen LogP contribution in [-0.2, 0) is 11.2 Å². The molecule has 28 heavy (non-hydrogen) atoms. The van der Waals surface area contributed by atoms with Crippen molar-refractivity contribution in [3.05, 3.63) is 54.1 Å². The van der Waals surface area contributed by atoms with Gasteiger partial charge in [0.05, 0.1) is 0 Å². The zero-order chi connectivity index (χ0) is 20.0. The second-order valence-corrected chi connectivity index (χ2v) is 8.13. The largest absolute Gasteiger partial charge is 0.508 e. The number of carboxylic acids is 1. The lowest BCUT2D eigenvalue weighted by molar-refractivity contribution is -0.136. The average Bonchev–Trinajstić information content (AvgIpc) is 3.19. The topological polar surface area (TPSA) is 57.5 Å². The van der Waals surface area contributed by atoms with Gasteiger partial charge in [-0.1, -0.05) is 62.1 Å². The standard InChI is InChI=1S/C25H36O3/c26-24-18-16-23(17-19-24)20-22(14-6-3-7-15-25(27)28)13-5-2-1-4-10-21-11-8-9-12-21/h3,6,8,11,16-19,21-22,26H,1-2,4-5,7,9-10,12-15,20H2,(H,27,28). The minimum Gasteiger partial charge on any atom is -0.508 e. The molecule has 1 aliphatic rings. The Balaban J connectivity index is 1.70. The fourth-order valence-corrected chi connectivity index (χ4v) is 4.01. The molecule has 3 nitrogen and oxygen atoms in total. The van der Waals surface area contributed by atoms with Gasteiger partial charge in [0.2, 0.25) is 0 Å². The van der Waals surface area contributed by atoms with Crippen LogP contribution in [0.1, 0.15) is 76.2 Å². The average molecular weight is 385 g/mol. The van der Waals surface area contributed by atoms with Gasteiger partial charge in [-0.2, -0.15) is 0 Å². The number of phenols is 1. The highest BCUT2D eigenvalue weighted by atomic mass is 16.4. The predicted octanol–water partition coefficient (Wildman–Crippen LogP) is 6.67. The monoisotopic (exact) mass is 384 g/mol. The molecule has 1 aliphatic carbocycles. The van der Waals surface area contributed by atoms with Crippen molar-refractivity contribution in [2.24, 2.45) is 11.8 Å². The van der Waals surface area contributed by atoms with E-state index in [-0.39, 0.29) is 6.42 Å². The molecule has 2 rings (SSSR count). The third kappa shape index (κ3) is 9.77. The summed E-state index contributed by atoms with van der Waals surface area (Å²) in [7, 11) is 0. The SMILES string of the molecule is O=C(O)CCC=CCC(CCCCCCC1C=CCC1)Cc1ccc(O)cc1. The fourth-order valence-electron chi connectivity index (χ4n) is 4.01. The number of rotatable bonds is 14. The molecular formula is C25H36O3. The molecule has 0 saturated carbocycles. The van der Waals surface area contributed by atoms with Crippen LogP contribution in [0.15, 0.2) is 48.6 Å². The molecule has 1 aromatic rings. The predicted molar refractivity (Wildman–Crippen MR) is 115 cm³/mol. The molecule has 0 aromatic heterocycles. The first-order valence-corrected chi connectivity index (χ1v) is 10.9. The number of carboxylic acid groups (broad SMARTS) is 1. The van der Waals surface area contributed by atoms with E-state index in [2.05, 4.69) is 18.2 Å².